The van der Waals surface area contributed by atoms with E-state index in [2.05, 4.69) is 10.2 Å². The van der Waals surface area contributed by atoms with Crippen LogP contribution in [0, 0.1) is 6.92 Å². The van der Waals surface area contributed by atoms with E-state index in [0.29, 0.717) is 24.2 Å². The molecule has 4 aromatic rings. The van der Waals surface area contributed by atoms with Crippen LogP contribution in [0.15, 0.2) is 47.1 Å². The van der Waals surface area contributed by atoms with Crippen LogP contribution in [0.1, 0.15) is 40.0 Å². The van der Waals surface area contributed by atoms with Gasteiger partial charge in [0.1, 0.15) is 11.5 Å². The van der Waals surface area contributed by atoms with Gasteiger partial charge >= 0.3 is 0 Å². The van der Waals surface area contributed by atoms with Gasteiger partial charge in [-0.2, -0.15) is 5.10 Å². The number of furan rings is 1. The van der Waals surface area contributed by atoms with Gasteiger partial charge in [-0.25, -0.2) is 4.52 Å². The summed E-state index contributed by atoms with van der Waals surface area (Å²) >= 11 is 0. The fourth-order valence-corrected chi connectivity index (χ4v) is 3.90. The number of Topliss-reactive ketones (excluding diaryl/α,β-unsaturated/α-hetero) is 1. The molecule has 1 aliphatic carbocycles. The maximum absolute atomic E-state index is 12.7. The van der Waals surface area contributed by atoms with Gasteiger partial charge in [-0.3, -0.25) is 4.79 Å². The minimum absolute atomic E-state index is 0.0173. The molecule has 1 atom stereocenters. The number of hydrogen-bond donors (Lipinski definition) is 0. The first-order valence-corrected chi connectivity index (χ1v) is 9.11. The molecule has 0 aliphatic heterocycles. The number of hydrogen-bond acceptors (Lipinski definition) is 6. The number of fused-ring (bicyclic) bond motifs is 3. The molecule has 0 bridgehead atoms. The number of rotatable bonds is 3. The van der Waals surface area contributed by atoms with Crippen LogP contribution in [0.2, 0.25) is 0 Å². The lowest BCUT2D eigenvalue weighted by molar-refractivity contribution is 0.0951. The standard InChI is InChI=1S/C21H18N4O3/c1-12-19(13-5-7-15(27-2)8-6-13)21-23-22-20-16(25(21)24-12)10-14(11-17(20)26)18-4-3-9-28-18/h3-9,14H,10-11H2,1-2H3. The summed E-state index contributed by atoms with van der Waals surface area (Å²) in [5, 5.41) is 13.3. The monoisotopic (exact) mass is 374 g/mol. The summed E-state index contributed by atoms with van der Waals surface area (Å²) in [7, 11) is 1.64. The van der Waals surface area contributed by atoms with Gasteiger partial charge in [0.05, 0.1) is 30.3 Å². The number of carbonyl (C=O) groups is 1. The van der Waals surface area contributed by atoms with Crippen molar-refractivity contribution >= 4 is 11.4 Å². The Balaban J connectivity index is 1.66. The molecule has 1 unspecified atom stereocenters. The molecule has 0 saturated heterocycles. The maximum Gasteiger partial charge on any atom is 0.185 e. The summed E-state index contributed by atoms with van der Waals surface area (Å²) < 4.78 is 12.5. The van der Waals surface area contributed by atoms with Crippen LogP contribution >= 0.6 is 0 Å². The van der Waals surface area contributed by atoms with Crippen LogP contribution in [-0.4, -0.2) is 32.7 Å². The van der Waals surface area contributed by atoms with Crippen molar-refractivity contribution in [2.45, 2.75) is 25.7 Å². The molecule has 0 saturated carbocycles. The summed E-state index contributed by atoms with van der Waals surface area (Å²) in [6.45, 7) is 1.94. The third-order valence-electron chi connectivity index (χ3n) is 5.27. The van der Waals surface area contributed by atoms with Gasteiger partial charge in [0.25, 0.3) is 0 Å². The van der Waals surface area contributed by atoms with E-state index in [1.54, 1.807) is 17.9 Å². The third kappa shape index (κ3) is 2.51. The van der Waals surface area contributed by atoms with Crippen molar-refractivity contribution in [1.82, 2.24) is 19.8 Å². The summed E-state index contributed by atoms with van der Waals surface area (Å²) in [6.07, 6.45) is 2.63. The lowest BCUT2D eigenvalue weighted by Crippen LogP contribution is -2.24. The average molecular weight is 374 g/mol. The van der Waals surface area contributed by atoms with E-state index in [4.69, 9.17) is 14.3 Å². The number of ketones is 1. The molecule has 0 amide bonds. The van der Waals surface area contributed by atoms with Crippen molar-refractivity contribution in [2.24, 2.45) is 0 Å². The number of methoxy groups -OCH3 is 1. The lowest BCUT2D eigenvalue weighted by Gasteiger charge is -2.21. The second-order valence-electron chi connectivity index (χ2n) is 6.96. The Morgan fingerprint density at radius 1 is 1.14 bits per heavy atom. The number of aromatic nitrogens is 4. The molecule has 0 radical (unpaired) electrons. The predicted molar refractivity (Wildman–Crippen MR) is 102 cm³/mol. The van der Waals surface area contributed by atoms with Crippen molar-refractivity contribution < 1.29 is 13.9 Å². The SMILES string of the molecule is COc1ccc(-c2c(C)nn3c4c(nnc23)C(=O)CC(c2ccco2)C4)cc1. The molecule has 0 fully saturated rings. The average Bonchev–Trinajstić information content (AvgIpc) is 3.35. The van der Waals surface area contributed by atoms with Crippen LogP contribution in [-0.2, 0) is 6.42 Å². The van der Waals surface area contributed by atoms with E-state index < -0.39 is 0 Å². The van der Waals surface area contributed by atoms with Crippen LogP contribution in [0.4, 0.5) is 0 Å². The van der Waals surface area contributed by atoms with Crippen molar-refractivity contribution in [3.8, 4) is 16.9 Å². The molecular formula is C21H18N4O3. The van der Waals surface area contributed by atoms with E-state index >= 15 is 0 Å². The maximum atomic E-state index is 12.7. The smallest absolute Gasteiger partial charge is 0.185 e. The van der Waals surface area contributed by atoms with Gasteiger partial charge in [0.2, 0.25) is 0 Å². The zero-order chi connectivity index (χ0) is 19.3. The molecule has 0 N–H and O–H groups in total. The molecule has 28 heavy (non-hydrogen) atoms. The van der Waals surface area contributed by atoms with E-state index in [-0.39, 0.29) is 11.7 Å². The quantitative estimate of drug-likeness (QED) is 0.545. The highest BCUT2D eigenvalue weighted by Crippen LogP contribution is 2.34. The summed E-state index contributed by atoms with van der Waals surface area (Å²) in [6, 6.07) is 11.5. The van der Waals surface area contributed by atoms with Gasteiger partial charge in [-0.15, -0.1) is 10.2 Å². The van der Waals surface area contributed by atoms with Gasteiger partial charge in [0.15, 0.2) is 17.1 Å². The fourth-order valence-electron chi connectivity index (χ4n) is 3.90. The molecule has 1 aliphatic rings. The van der Waals surface area contributed by atoms with Crippen LogP contribution in [0.25, 0.3) is 16.8 Å². The first-order valence-electron chi connectivity index (χ1n) is 9.11. The van der Waals surface area contributed by atoms with Gasteiger partial charge in [-0.1, -0.05) is 12.1 Å². The number of carbonyl (C=O) groups excluding carboxylic acids is 1. The molecule has 5 rings (SSSR count). The minimum atomic E-state index is -0.0313. The van der Waals surface area contributed by atoms with E-state index in [0.717, 1.165) is 34.0 Å². The fraction of sp³-hybridized carbons (Fsp3) is 0.238. The Morgan fingerprint density at radius 3 is 2.68 bits per heavy atom. The highest BCUT2D eigenvalue weighted by atomic mass is 16.5. The zero-order valence-corrected chi connectivity index (χ0v) is 15.5. The van der Waals surface area contributed by atoms with Crippen LogP contribution in [0.3, 0.4) is 0 Å². The van der Waals surface area contributed by atoms with Gasteiger partial charge in [-0.05, 0) is 36.8 Å². The Hall–Kier alpha value is -3.48. The normalized spacial score (nSPS) is 16.4. The predicted octanol–water partition coefficient (Wildman–Crippen LogP) is 3.61. The highest BCUT2D eigenvalue weighted by Gasteiger charge is 2.32. The molecular weight excluding hydrogens is 356 g/mol. The van der Waals surface area contributed by atoms with E-state index in [1.165, 1.54) is 0 Å². The highest BCUT2D eigenvalue weighted by molar-refractivity contribution is 5.97. The largest absolute Gasteiger partial charge is 0.497 e. The number of ether oxygens (including phenoxy) is 1. The van der Waals surface area contributed by atoms with Crippen LogP contribution in [0.5, 0.6) is 5.75 Å². The minimum Gasteiger partial charge on any atom is -0.497 e. The molecule has 0 spiro atoms. The lowest BCUT2D eigenvalue weighted by atomic mass is 9.87. The van der Waals surface area contributed by atoms with E-state index in [1.807, 2.05) is 43.3 Å². The number of benzene rings is 1. The third-order valence-corrected chi connectivity index (χ3v) is 5.27. The topological polar surface area (TPSA) is 82.5 Å². The molecule has 7 nitrogen and oxygen atoms in total. The second-order valence-corrected chi connectivity index (χ2v) is 6.96. The van der Waals surface area contributed by atoms with Crippen molar-refractivity contribution in [3.63, 3.8) is 0 Å². The summed E-state index contributed by atoms with van der Waals surface area (Å²) in [5.74, 6) is 1.55. The van der Waals surface area contributed by atoms with Gasteiger partial charge < -0.3 is 9.15 Å². The Labute approximate surface area is 161 Å². The van der Waals surface area contributed by atoms with Crippen molar-refractivity contribution in [1.29, 1.82) is 0 Å². The zero-order valence-electron chi connectivity index (χ0n) is 15.5. The first-order chi connectivity index (χ1) is 13.7. The molecule has 1 aromatic carbocycles. The van der Waals surface area contributed by atoms with Crippen molar-refractivity contribution in [3.05, 3.63) is 65.5 Å². The second kappa shape index (κ2) is 6.30. The first kappa shape index (κ1) is 16.7. The molecule has 140 valence electrons. The molecule has 7 heteroatoms. The van der Waals surface area contributed by atoms with Crippen LogP contribution < -0.4 is 4.74 Å². The Kier molecular flexibility index (Phi) is 3.75. The number of nitrogens with zero attached hydrogens (tertiary/aromatic N) is 4. The van der Waals surface area contributed by atoms with Gasteiger partial charge in [0, 0.05) is 18.8 Å². The summed E-state index contributed by atoms with van der Waals surface area (Å²) in [5.41, 5.74) is 4.55. The molecule has 3 aromatic heterocycles. The Bertz CT molecular complexity index is 1180. The Morgan fingerprint density at radius 2 is 1.96 bits per heavy atom. The van der Waals surface area contributed by atoms with E-state index in [9.17, 15) is 4.79 Å². The molecule has 3 heterocycles. The van der Waals surface area contributed by atoms with Crippen molar-refractivity contribution in [2.75, 3.05) is 7.11 Å². The summed E-state index contributed by atoms with van der Waals surface area (Å²) in [4.78, 5) is 12.7. The number of aryl methyl sites for hydroxylation is 1.